The second kappa shape index (κ2) is 4.84. The average Bonchev–Trinajstić information content (AvgIpc) is 2.86. The second-order valence-electron chi connectivity index (χ2n) is 5.51. The second-order valence-corrected chi connectivity index (χ2v) is 5.51. The van der Waals surface area contributed by atoms with Crippen LogP contribution < -0.4 is 10.6 Å². The Kier molecular flexibility index (Phi) is 2.82. The molecule has 2 unspecified atom stereocenters. The number of anilines is 1. The molecule has 0 aromatic heterocycles. The van der Waals surface area contributed by atoms with E-state index in [1.165, 1.54) is 0 Å². The molecule has 4 nitrogen and oxygen atoms in total. The molecule has 3 aliphatic rings. The molecule has 1 aromatic carbocycles. The van der Waals surface area contributed by atoms with E-state index in [4.69, 9.17) is 0 Å². The molecule has 4 rings (SSSR count). The van der Waals surface area contributed by atoms with E-state index in [1.807, 2.05) is 54.6 Å². The Bertz CT molecular complexity index is 799. The first-order valence-electron chi connectivity index (χ1n) is 7.22. The zero-order valence-corrected chi connectivity index (χ0v) is 11.7. The average molecular weight is 290 g/mol. The van der Waals surface area contributed by atoms with Crippen molar-refractivity contribution in [2.75, 3.05) is 5.32 Å². The first-order valence-corrected chi connectivity index (χ1v) is 7.22. The third-order valence-corrected chi connectivity index (χ3v) is 4.19. The molecule has 2 aliphatic heterocycles. The highest BCUT2D eigenvalue weighted by molar-refractivity contribution is 6.31. The minimum Gasteiger partial charge on any atom is -0.329 e. The monoisotopic (exact) mass is 290 g/mol. The van der Waals surface area contributed by atoms with E-state index >= 15 is 0 Å². The molecule has 2 amide bonds. The first kappa shape index (κ1) is 12.8. The van der Waals surface area contributed by atoms with Gasteiger partial charge >= 0.3 is 0 Å². The molecule has 0 saturated carbocycles. The number of rotatable bonds is 1. The topological polar surface area (TPSA) is 58.2 Å². The summed E-state index contributed by atoms with van der Waals surface area (Å²) < 4.78 is 0. The molecule has 22 heavy (non-hydrogen) atoms. The molecule has 1 fully saturated rings. The Hall–Kier alpha value is -2.88. The van der Waals surface area contributed by atoms with Crippen molar-refractivity contribution < 1.29 is 9.59 Å². The van der Waals surface area contributed by atoms with Gasteiger partial charge in [0.25, 0.3) is 5.91 Å². The van der Waals surface area contributed by atoms with Crippen molar-refractivity contribution in [1.29, 1.82) is 0 Å². The lowest BCUT2D eigenvalue weighted by Crippen LogP contribution is -2.18. The van der Waals surface area contributed by atoms with Crippen molar-refractivity contribution >= 4 is 23.1 Å². The fourth-order valence-corrected chi connectivity index (χ4v) is 3.11. The molecule has 2 N–H and O–H groups in total. The number of hydrogen-bond acceptors (Lipinski definition) is 2. The van der Waals surface area contributed by atoms with Crippen LogP contribution in [0.5, 0.6) is 0 Å². The van der Waals surface area contributed by atoms with Gasteiger partial charge < -0.3 is 10.6 Å². The SMILES string of the molecule is O=C1Nc2ccccc2/C1=C\C1C(=O)NC2=CC=CC=CC21. The molecule has 2 heterocycles. The maximum absolute atomic E-state index is 12.3. The minimum absolute atomic E-state index is 0.0458. The Labute approximate surface area is 127 Å². The predicted molar refractivity (Wildman–Crippen MR) is 84.5 cm³/mol. The van der Waals surface area contributed by atoms with E-state index in [0.717, 1.165) is 16.9 Å². The van der Waals surface area contributed by atoms with Crippen LogP contribution in [0.2, 0.25) is 0 Å². The van der Waals surface area contributed by atoms with Crippen molar-refractivity contribution in [3.63, 3.8) is 0 Å². The van der Waals surface area contributed by atoms with Crippen LogP contribution in [0.15, 0.2) is 66.4 Å². The van der Waals surface area contributed by atoms with Crippen LogP contribution >= 0.6 is 0 Å². The maximum atomic E-state index is 12.3. The lowest BCUT2D eigenvalue weighted by Gasteiger charge is -2.10. The molecular formula is C18H14N2O2. The Morgan fingerprint density at radius 2 is 1.86 bits per heavy atom. The van der Waals surface area contributed by atoms with Crippen molar-refractivity contribution in [2.45, 2.75) is 0 Å². The summed E-state index contributed by atoms with van der Waals surface area (Å²) >= 11 is 0. The molecule has 0 radical (unpaired) electrons. The summed E-state index contributed by atoms with van der Waals surface area (Å²) in [6.45, 7) is 0. The largest absolute Gasteiger partial charge is 0.329 e. The highest BCUT2D eigenvalue weighted by atomic mass is 16.2. The van der Waals surface area contributed by atoms with Crippen molar-refractivity contribution in [1.82, 2.24) is 5.32 Å². The smallest absolute Gasteiger partial charge is 0.256 e. The zero-order valence-electron chi connectivity index (χ0n) is 11.7. The van der Waals surface area contributed by atoms with Gasteiger partial charge in [0.15, 0.2) is 0 Å². The molecule has 0 bridgehead atoms. The third kappa shape index (κ3) is 1.92. The van der Waals surface area contributed by atoms with Gasteiger partial charge in [0.05, 0.1) is 5.92 Å². The Morgan fingerprint density at radius 1 is 1.00 bits per heavy atom. The fraction of sp³-hybridized carbons (Fsp3) is 0.111. The van der Waals surface area contributed by atoms with E-state index in [1.54, 1.807) is 6.08 Å². The van der Waals surface area contributed by atoms with Gasteiger partial charge in [-0.2, -0.15) is 0 Å². The van der Waals surface area contributed by atoms with Crippen LogP contribution in [0.3, 0.4) is 0 Å². The van der Waals surface area contributed by atoms with Gasteiger partial charge in [0.2, 0.25) is 5.91 Å². The van der Waals surface area contributed by atoms with Gasteiger partial charge in [-0.05, 0) is 12.1 Å². The van der Waals surface area contributed by atoms with Crippen LogP contribution in [0.1, 0.15) is 5.56 Å². The number of allylic oxidation sites excluding steroid dienone is 5. The standard InChI is InChI=1S/C18H14N2O2/c21-17-13(11-6-2-1-3-8-15(11)19-17)10-14-12-7-4-5-9-16(12)20-18(14)22/h1-11,13H,(H,19,21)(H,20,22)/b14-10+. The summed E-state index contributed by atoms with van der Waals surface area (Å²) in [5, 5.41) is 5.74. The minimum atomic E-state index is -0.366. The molecular weight excluding hydrogens is 276 g/mol. The van der Waals surface area contributed by atoms with Crippen LogP contribution in [-0.4, -0.2) is 11.8 Å². The molecule has 2 atom stereocenters. The number of para-hydroxylation sites is 1. The normalized spacial score (nSPS) is 27.1. The van der Waals surface area contributed by atoms with Crippen LogP contribution in [-0.2, 0) is 9.59 Å². The van der Waals surface area contributed by atoms with E-state index < -0.39 is 0 Å². The van der Waals surface area contributed by atoms with Gasteiger partial charge in [-0.15, -0.1) is 0 Å². The molecule has 108 valence electrons. The molecule has 1 aliphatic carbocycles. The number of hydrogen-bond donors (Lipinski definition) is 2. The van der Waals surface area contributed by atoms with Gasteiger partial charge in [0, 0.05) is 28.4 Å². The summed E-state index contributed by atoms with van der Waals surface area (Å²) in [7, 11) is 0. The summed E-state index contributed by atoms with van der Waals surface area (Å²) in [5.74, 6) is -0.632. The van der Waals surface area contributed by atoms with E-state index in [-0.39, 0.29) is 23.7 Å². The van der Waals surface area contributed by atoms with Gasteiger partial charge in [-0.3, -0.25) is 9.59 Å². The highest BCUT2D eigenvalue weighted by Gasteiger charge is 2.37. The number of benzene rings is 1. The van der Waals surface area contributed by atoms with Crippen molar-refractivity contribution in [3.8, 4) is 0 Å². The Balaban J connectivity index is 1.77. The molecule has 1 saturated heterocycles. The van der Waals surface area contributed by atoms with Crippen molar-refractivity contribution in [3.05, 3.63) is 72.0 Å². The van der Waals surface area contributed by atoms with Gasteiger partial charge in [-0.25, -0.2) is 0 Å². The lowest BCUT2D eigenvalue weighted by molar-refractivity contribution is -0.121. The highest BCUT2D eigenvalue weighted by Crippen LogP contribution is 2.36. The van der Waals surface area contributed by atoms with Crippen LogP contribution in [0.25, 0.3) is 5.57 Å². The van der Waals surface area contributed by atoms with Gasteiger partial charge in [-0.1, -0.05) is 48.6 Å². The van der Waals surface area contributed by atoms with E-state index in [2.05, 4.69) is 10.6 Å². The first-order chi connectivity index (χ1) is 10.7. The molecule has 1 aromatic rings. The quantitative estimate of drug-likeness (QED) is 0.780. The number of carbonyl (C=O) groups is 2. The molecule has 4 heteroatoms. The summed E-state index contributed by atoms with van der Waals surface area (Å²) in [6, 6.07) is 7.53. The molecule has 0 spiro atoms. The number of amides is 2. The number of carbonyl (C=O) groups excluding carboxylic acids is 2. The fourth-order valence-electron chi connectivity index (χ4n) is 3.11. The number of fused-ring (bicyclic) bond motifs is 2. The predicted octanol–water partition coefficient (Wildman–Crippen LogP) is 2.39. The van der Waals surface area contributed by atoms with Crippen LogP contribution in [0, 0.1) is 11.8 Å². The lowest BCUT2D eigenvalue weighted by atomic mass is 9.90. The summed E-state index contributed by atoms with van der Waals surface area (Å²) in [4.78, 5) is 24.5. The zero-order chi connectivity index (χ0) is 15.1. The van der Waals surface area contributed by atoms with Gasteiger partial charge in [0.1, 0.15) is 0 Å². The summed E-state index contributed by atoms with van der Waals surface area (Å²) in [6.07, 6.45) is 11.5. The number of nitrogens with one attached hydrogen (secondary N) is 2. The Morgan fingerprint density at radius 3 is 2.77 bits per heavy atom. The third-order valence-electron chi connectivity index (χ3n) is 4.19. The van der Waals surface area contributed by atoms with E-state index in [9.17, 15) is 9.59 Å². The maximum Gasteiger partial charge on any atom is 0.256 e. The van der Waals surface area contributed by atoms with E-state index in [0.29, 0.717) is 5.57 Å². The van der Waals surface area contributed by atoms with Crippen molar-refractivity contribution in [2.24, 2.45) is 11.8 Å². The summed E-state index contributed by atoms with van der Waals surface area (Å²) in [5.41, 5.74) is 3.10. The van der Waals surface area contributed by atoms with Crippen LogP contribution in [0.4, 0.5) is 5.69 Å².